The first-order valence-corrected chi connectivity index (χ1v) is 10.6. The summed E-state index contributed by atoms with van der Waals surface area (Å²) in [6.45, 7) is 2.38. The van der Waals surface area contributed by atoms with Crippen LogP contribution in [0.25, 0.3) is 5.57 Å². The predicted molar refractivity (Wildman–Crippen MR) is 108 cm³/mol. The Morgan fingerprint density at radius 1 is 0.966 bits per heavy atom. The third-order valence-corrected chi connectivity index (χ3v) is 6.49. The van der Waals surface area contributed by atoms with Gasteiger partial charge in [-0.2, -0.15) is 4.31 Å². The van der Waals surface area contributed by atoms with Crippen molar-refractivity contribution in [2.45, 2.75) is 24.7 Å². The highest BCUT2D eigenvalue weighted by Crippen LogP contribution is 2.28. The minimum atomic E-state index is -3.51. The molecule has 2 aromatic carbocycles. The third kappa shape index (κ3) is 4.90. The Morgan fingerprint density at radius 2 is 1.48 bits per heavy atom. The van der Waals surface area contributed by atoms with Crippen molar-refractivity contribution in [3.8, 4) is 5.75 Å². The molecule has 1 fully saturated rings. The van der Waals surface area contributed by atoms with Crippen LogP contribution in [0.15, 0.2) is 59.5 Å². The van der Waals surface area contributed by atoms with Crippen molar-refractivity contribution in [3.63, 3.8) is 0 Å². The lowest BCUT2D eigenvalue weighted by Gasteiger charge is -2.16. The number of esters is 1. The van der Waals surface area contributed by atoms with Gasteiger partial charge in [0.2, 0.25) is 15.9 Å². The highest BCUT2D eigenvalue weighted by molar-refractivity contribution is 7.89. The van der Waals surface area contributed by atoms with E-state index in [1.807, 2.05) is 0 Å². The average Bonchev–Trinajstić information content (AvgIpc) is 3.22. The van der Waals surface area contributed by atoms with Crippen molar-refractivity contribution >= 4 is 27.5 Å². The zero-order chi connectivity index (χ0) is 21.0. The van der Waals surface area contributed by atoms with Gasteiger partial charge in [0, 0.05) is 26.1 Å². The van der Waals surface area contributed by atoms with E-state index in [-0.39, 0.29) is 4.90 Å². The molecule has 0 radical (unpaired) electrons. The summed E-state index contributed by atoms with van der Waals surface area (Å²) in [5.74, 6) is -0.676. The van der Waals surface area contributed by atoms with Gasteiger partial charge in [-0.1, -0.05) is 24.3 Å². The molecule has 7 nitrogen and oxygen atoms in total. The summed E-state index contributed by atoms with van der Waals surface area (Å²) in [5, 5.41) is 0. The van der Waals surface area contributed by atoms with Crippen LogP contribution in [0.3, 0.4) is 0 Å². The highest BCUT2D eigenvalue weighted by Gasteiger charge is 2.27. The molecular weight excluding hydrogens is 392 g/mol. The van der Waals surface area contributed by atoms with E-state index in [4.69, 9.17) is 10.5 Å². The molecule has 0 saturated carbocycles. The van der Waals surface area contributed by atoms with Gasteiger partial charge in [0.1, 0.15) is 5.75 Å². The molecule has 1 heterocycles. The minimum absolute atomic E-state index is 0.215. The van der Waals surface area contributed by atoms with Crippen molar-refractivity contribution < 1.29 is 22.7 Å². The van der Waals surface area contributed by atoms with Gasteiger partial charge in [0.25, 0.3) is 0 Å². The fourth-order valence-electron chi connectivity index (χ4n) is 3.23. The number of sulfonamides is 1. The lowest BCUT2D eigenvalue weighted by atomic mass is 9.97. The second kappa shape index (κ2) is 8.59. The van der Waals surface area contributed by atoms with Crippen LogP contribution in [0, 0.1) is 0 Å². The molecule has 0 atom stereocenters. The largest absolute Gasteiger partial charge is 0.427 e. The van der Waals surface area contributed by atoms with E-state index in [1.54, 1.807) is 36.4 Å². The number of hydrogen-bond acceptors (Lipinski definition) is 5. The van der Waals surface area contributed by atoms with E-state index in [0.717, 1.165) is 12.8 Å². The van der Waals surface area contributed by atoms with Gasteiger partial charge in [-0.05, 0) is 53.8 Å². The zero-order valence-corrected chi connectivity index (χ0v) is 16.8. The molecule has 0 unspecified atom stereocenters. The Morgan fingerprint density at radius 3 is 1.97 bits per heavy atom. The first kappa shape index (κ1) is 20.8. The van der Waals surface area contributed by atoms with Gasteiger partial charge in [0.05, 0.1) is 4.90 Å². The van der Waals surface area contributed by atoms with Crippen LogP contribution in [0.5, 0.6) is 5.75 Å². The predicted octanol–water partition coefficient (Wildman–Crippen LogP) is 2.31. The van der Waals surface area contributed by atoms with Crippen LogP contribution >= 0.6 is 0 Å². The van der Waals surface area contributed by atoms with Crippen LogP contribution in [-0.4, -0.2) is 37.7 Å². The lowest BCUT2D eigenvalue weighted by molar-refractivity contribution is -0.131. The molecule has 8 heteroatoms. The Bertz CT molecular complexity index is 1040. The van der Waals surface area contributed by atoms with Gasteiger partial charge in [-0.3, -0.25) is 9.59 Å². The van der Waals surface area contributed by atoms with Gasteiger partial charge < -0.3 is 10.5 Å². The summed E-state index contributed by atoms with van der Waals surface area (Å²) < 4.78 is 31.9. The number of carbonyl (C=O) groups is 2. The van der Waals surface area contributed by atoms with Crippen molar-refractivity contribution in [2.75, 3.05) is 13.1 Å². The van der Waals surface area contributed by atoms with Crippen molar-refractivity contribution in [3.05, 3.63) is 65.7 Å². The molecule has 0 aromatic heterocycles. The van der Waals surface area contributed by atoms with E-state index < -0.39 is 21.9 Å². The van der Waals surface area contributed by atoms with Crippen LogP contribution in [-0.2, 0) is 19.6 Å². The van der Waals surface area contributed by atoms with Crippen molar-refractivity contribution in [1.82, 2.24) is 4.31 Å². The van der Waals surface area contributed by atoms with E-state index in [1.165, 1.54) is 29.4 Å². The van der Waals surface area contributed by atoms with Crippen LogP contribution in [0.4, 0.5) is 0 Å². The molecule has 152 valence electrons. The Labute approximate surface area is 169 Å². The molecule has 1 saturated heterocycles. The Kier molecular flexibility index (Phi) is 6.14. The molecule has 29 heavy (non-hydrogen) atoms. The molecule has 0 aliphatic carbocycles. The summed E-state index contributed by atoms with van der Waals surface area (Å²) in [7, 11) is -3.51. The summed E-state index contributed by atoms with van der Waals surface area (Å²) in [4.78, 5) is 22.8. The summed E-state index contributed by atoms with van der Waals surface area (Å²) >= 11 is 0. The van der Waals surface area contributed by atoms with E-state index >= 15 is 0 Å². The molecule has 0 bridgehead atoms. The van der Waals surface area contributed by atoms with Gasteiger partial charge >= 0.3 is 5.97 Å². The second-order valence-electron chi connectivity index (χ2n) is 6.71. The number of carbonyl (C=O) groups excluding carboxylic acids is 2. The third-order valence-electron chi connectivity index (χ3n) is 4.58. The van der Waals surface area contributed by atoms with E-state index in [2.05, 4.69) is 0 Å². The standard InChI is InChI=1S/C21H22N2O5S/c1-15(24)28-18-8-4-16(5-9-18)20(14-21(22)25)17-6-10-19(11-7-17)29(26,27)23-12-2-3-13-23/h4-11,14H,2-3,12-13H2,1H3,(H2,22,25). The number of hydrogen-bond donors (Lipinski definition) is 1. The summed E-state index contributed by atoms with van der Waals surface area (Å²) in [5.41, 5.74) is 7.22. The number of primary amides is 1. The number of benzene rings is 2. The molecule has 2 aromatic rings. The van der Waals surface area contributed by atoms with Crippen molar-refractivity contribution in [2.24, 2.45) is 5.73 Å². The SMILES string of the molecule is CC(=O)Oc1ccc(C(=CC(N)=O)c2ccc(S(=O)(=O)N3CCCC3)cc2)cc1. The quantitative estimate of drug-likeness (QED) is 0.443. The molecule has 1 aliphatic heterocycles. The molecule has 3 rings (SSSR count). The maximum absolute atomic E-state index is 12.7. The van der Waals surface area contributed by atoms with Crippen LogP contribution in [0.2, 0.25) is 0 Å². The van der Waals surface area contributed by atoms with Gasteiger partial charge in [0.15, 0.2) is 0 Å². The minimum Gasteiger partial charge on any atom is -0.427 e. The smallest absolute Gasteiger partial charge is 0.308 e. The monoisotopic (exact) mass is 414 g/mol. The number of ether oxygens (including phenoxy) is 1. The molecule has 1 amide bonds. The Hall–Kier alpha value is -2.97. The highest BCUT2D eigenvalue weighted by atomic mass is 32.2. The molecule has 1 aliphatic rings. The topological polar surface area (TPSA) is 107 Å². The number of nitrogens with two attached hydrogens (primary N) is 1. The number of rotatable bonds is 6. The summed E-state index contributed by atoms with van der Waals surface area (Å²) in [6, 6.07) is 13.0. The summed E-state index contributed by atoms with van der Waals surface area (Å²) in [6.07, 6.45) is 3.02. The zero-order valence-electron chi connectivity index (χ0n) is 16.0. The fourth-order valence-corrected chi connectivity index (χ4v) is 4.75. The van der Waals surface area contributed by atoms with E-state index in [9.17, 15) is 18.0 Å². The average molecular weight is 414 g/mol. The van der Waals surface area contributed by atoms with Gasteiger partial charge in [-0.15, -0.1) is 0 Å². The first-order valence-electron chi connectivity index (χ1n) is 9.18. The molecule has 2 N–H and O–H groups in total. The normalized spacial score (nSPS) is 15.3. The van der Waals surface area contributed by atoms with Gasteiger partial charge in [-0.25, -0.2) is 8.42 Å². The second-order valence-corrected chi connectivity index (χ2v) is 8.65. The van der Waals surface area contributed by atoms with E-state index in [0.29, 0.717) is 35.5 Å². The van der Waals surface area contributed by atoms with Crippen LogP contribution < -0.4 is 10.5 Å². The Balaban J connectivity index is 1.92. The first-order chi connectivity index (χ1) is 13.8. The lowest BCUT2D eigenvalue weighted by Crippen LogP contribution is -2.27. The molecular formula is C21H22N2O5S. The maximum atomic E-state index is 12.7. The molecule has 0 spiro atoms. The maximum Gasteiger partial charge on any atom is 0.308 e. The number of nitrogens with zero attached hydrogens (tertiary/aromatic N) is 1. The van der Waals surface area contributed by atoms with Crippen LogP contribution in [0.1, 0.15) is 30.9 Å². The van der Waals surface area contributed by atoms with Crippen molar-refractivity contribution in [1.29, 1.82) is 0 Å². The fraction of sp³-hybridized carbons (Fsp3) is 0.238. The number of amides is 1.